The summed E-state index contributed by atoms with van der Waals surface area (Å²) < 4.78 is 0. The van der Waals surface area contributed by atoms with Crippen LogP contribution in [0.25, 0.3) is 0 Å². The summed E-state index contributed by atoms with van der Waals surface area (Å²) in [6, 6.07) is 10.7. The smallest absolute Gasteiger partial charge is 0.243 e. The van der Waals surface area contributed by atoms with E-state index in [0.717, 1.165) is 16.7 Å². The van der Waals surface area contributed by atoms with E-state index in [-0.39, 0.29) is 30.8 Å². The molecular formula is C24H30Cl2N2O2. The van der Waals surface area contributed by atoms with Gasteiger partial charge in [-0.1, -0.05) is 54.4 Å². The van der Waals surface area contributed by atoms with Crippen LogP contribution in [0.2, 0.25) is 10.0 Å². The highest BCUT2D eigenvalue weighted by atomic mass is 35.5. The minimum atomic E-state index is -0.569. The third-order valence-electron chi connectivity index (χ3n) is 5.08. The first kappa shape index (κ1) is 24.2. The van der Waals surface area contributed by atoms with Crippen LogP contribution >= 0.6 is 23.2 Å². The second-order valence-electron chi connectivity index (χ2n) is 7.95. The maximum atomic E-state index is 13.3. The summed E-state index contributed by atoms with van der Waals surface area (Å²) in [6.07, 6.45) is 0.743. The molecule has 0 saturated heterocycles. The van der Waals surface area contributed by atoms with Gasteiger partial charge in [0.2, 0.25) is 11.8 Å². The van der Waals surface area contributed by atoms with E-state index in [2.05, 4.69) is 5.32 Å². The molecule has 2 amide bonds. The highest BCUT2D eigenvalue weighted by molar-refractivity contribution is 6.42. The molecule has 1 atom stereocenters. The van der Waals surface area contributed by atoms with Gasteiger partial charge in [-0.25, -0.2) is 0 Å². The second kappa shape index (κ2) is 10.8. The Bertz CT molecular complexity index is 912. The third kappa shape index (κ3) is 6.48. The van der Waals surface area contributed by atoms with Gasteiger partial charge in [-0.3, -0.25) is 9.59 Å². The number of carbonyl (C=O) groups excluding carboxylic acids is 2. The Balaban J connectivity index is 2.34. The Morgan fingerprint density at radius 1 is 0.967 bits per heavy atom. The Hall–Kier alpha value is -2.04. The number of rotatable bonds is 8. The van der Waals surface area contributed by atoms with Crippen molar-refractivity contribution >= 4 is 35.0 Å². The molecule has 2 aromatic carbocycles. The molecule has 0 fully saturated rings. The molecule has 2 aromatic rings. The summed E-state index contributed by atoms with van der Waals surface area (Å²) in [5.41, 5.74) is 4.08. The van der Waals surface area contributed by atoms with Gasteiger partial charge in [-0.2, -0.15) is 0 Å². The van der Waals surface area contributed by atoms with Gasteiger partial charge in [0.25, 0.3) is 0 Å². The molecule has 0 bridgehead atoms. The molecule has 0 heterocycles. The predicted octanol–water partition coefficient (Wildman–Crippen LogP) is 5.48. The highest BCUT2D eigenvalue weighted by Crippen LogP contribution is 2.24. The maximum absolute atomic E-state index is 13.3. The van der Waals surface area contributed by atoms with Crippen LogP contribution in [-0.4, -0.2) is 28.8 Å². The fourth-order valence-corrected chi connectivity index (χ4v) is 3.65. The second-order valence-corrected chi connectivity index (χ2v) is 8.77. The van der Waals surface area contributed by atoms with E-state index in [4.69, 9.17) is 23.2 Å². The summed E-state index contributed by atoms with van der Waals surface area (Å²) in [7, 11) is 0. The average Bonchev–Trinajstić information content (AvgIpc) is 2.66. The van der Waals surface area contributed by atoms with Crippen LogP contribution in [-0.2, 0) is 22.6 Å². The first-order valence-corrected chi connectivity index (χ1v) is 11.0. The van der Waals surface area contributed by atoms with E-state index in [1.807, 2.05) is 58.9 Å². The number of hydrogen-bond donors (Lipinski definition) is 1. The van der Waals surface area contributed by atoms with Crippen LogP contribution in [0.5, 0.6) is 0 Å². The number of carbonyl (C=O) groups is 2. The lowest BCUT2D eigenvalue weighted by atomic mass is 10.0. The van der Waals surface area contributed by atoms with Gasteiger partial charge >= 0.3 is 0 Å². The minimum absolute atomic E-state index is 0.00627. The standard InChI is InChI=1S/C24H30Cl2N2O2/c1-6-22(24(30)27-15(2)3)28(14-19-9-10-20(25)21(26)12-19)23(29)13-18-8-7-16(4)17(5)11-18/h7-12,15,22H,6,13-14H2,1-5H3,(H,27,30)/t22-/m0/s1. The van der Waals surface area contributed by atoms with E-state index in [9.17, 15) is 9.59 Å². The van der Waals surface area contributed by atoms with Crippen LogP contribution in [0.1, 0.15) is 49.4 Å². The van der Waals surface area contributed by atoms with E-state index in [0.29, 0.717) is 16.5 Å². The first-order valence-electron chi connectivity index (χ1n) is 10.2. The first-order chi connectivity index (χ1) is 14.1. The Kier molecular flexibility index (Phi) is 8.75. The largest absolute Gasteiger partial charge is 0.352 e. The molecule has 0 aliphatic carbocycles. The average molecular weight is 449 g/mol. The summed E-state index contributed by atoms with van der Waals surface area (Å²) >= 11 is 12.2. The van der Waals surface area contributed by atoms with Crippen molar-refractivity contribution in [1.82, 2.24) is 10.2 Å². The molecule has 0 radical (unpaired) electrons. The van der Waals surface area contributed by atoms with Crippen molar-refractivity contribution in [3.8, 4) is 0 Å². The molecule has 162 valence electrons. The van der Waals surface area contributed by atoms with Crippen molar-refractivity contribution in [1.29, 1.82) is 0 Å². The van der Waals surface area contributed by atoms with Gasteiger partial charge in [0.15, 0.2) is 0 Å². The van der Waals surface area contributed by atoms with Gasteiger partial charge in [0.1, 0.15) is 6.04 Å². The number of hydrogen-bond acceptors (Lipinski definition) is 2. The van der Waals surface area contributed by atoms with Gasteiger partial charge in [-0.15, -0.1) is 0 Å². The van der Waals surface area contributed by atoms with Gasteiger partial charge in [0.05, 0.1) is 16.5 Å². The Labute approximate surface area is 189 Å². The Morgan fingerprint density at radius 3 is 2.20 bits per heavy atom. The van der Waals surface area contributed by atoms with Crippen molar-refractivity contribution in [2.75, 3.05) is 0 Å². The molecule has 1 N–H and O–H groups in total. The monoisotopic (exact) mass is 448 g/mol. The van der Waals surface area contributed by atoms with Crippen molar-refractivity contribution in [3.63, 3.8) is 0 Å². The van der Waals surface area contributed by atoms with E-state index >= 15 is 0 Å². The lowest BCUT2D eigenvalue weighted by molar-refractivity contribution is -0.141. The summed E-state index contributed by atoms with van der Waals surface area (Å²) in [5.74, 6) is -0.254. The van der Waals surface area contributed by atoms with Crippen LogP contribution in [0.4, 0.5) is 0 Å². The molecule has 4 nitrogen and oxygen atoms in total. The third-order valence-corrected chi connectivity index (χ3v) is 5.82. The van der Waals surface area contributed by atoms with Crippen molar-refractivity contribution in [2.45, 2.75) is 66.1 Å². The molecule has 2 rings (SSSR count). The van der Waals surface area contributed by atoms with Gasteiger partial charge < -0.3 is 10.2 Å². The highest BCUT2D eigenvalue weighted by Gasteiger charge is 2.29. The molecule has 0 unspecified atom stereocenters. The zero-order chi connectivity index (χ0) is 22.4. The normalized spacial score (nSPS) is 12.0. The van der Waals surface area contributed by atoms with Crippen LogP contribution in [0.3, 0.4) is 0 Å². The van der Waals surface area contributed by atoms with Crippen molar-refractivity contribution in [3.05, 3.63) is 68.7 Å². The Morgan fingerprint density at radius 2 is 1.63 bits per heavy atom. The molecule has 0 aliphatic rings. The zero-order valence-corrected chi connectivity index (χ0v) is 19.8. The lowest BCUT2D eigenvalue weighted by Gasteiger charge is -2.31. The number of nitrogens with one attached hydrogen (secondary N) is 1. The molecule has 6 heteroatoms. The maximum Gasteiger partial charge on any atom is 0.243 e. The summed E-state index contributed by atoms with van der Waals surface area (Å²) in [6.45, 7) is 10.1. The molecule has 0 saturated carbocycles. The van der Waals surface area contributed by atoms with E-state index in [1.165, 1.54) is 5.56 Å². The summed E-state index contributed by atoms with van der Waals surface area (Å²) in [5, 5.41) is 3.82. The van der Waals surface area contributed by atoms with E-state index < -0.39 is 6.04 Å². The molecule has 0 spiro atoms. The number of amides is 2. The summed E-state index contributed by atoms with van der Waals surface area (Å²) in [4.78, 5) is 27.8. The quantitative estimate of drug-likeness (QED) is 0.580. The lowest BCUT2D eigenvalue weighted by Crippen LogP contribution is -2.50. The number of halogens is 2. The predicted molar refractivity (Wildman–Crippen MR) is 124 cm³/mol. The molecule has 30 heavy (non-hydrogen) atoms. The van der Waals surface area contributed by atoms with Crippen LogP contribution in [0, 0.1) is 13.8 Å². The number of nitrogens with zero attached hydrogens (tertiary/aromatic N) is 1. The van der Waals surface area contributed by atoms with Crippen molar-refractivity contribution < 1.29 is 9.59 Å². The van der Waals surface area contributed by atoms with E-state index in [1.54, 1.807) is 17.0 Å². The topological polar surface area (TPSA) is 49.4 Å². The molecule has 0 aliphatic heterocycles. The fraction of sp³-hybridized carbons (Fsp3) is 0.417. The molecule has 0 aromatic heterocycles. The number of aryl methyl sites for hydroxylation is 2. The zero-order valence-electron chi connectivity index (χ0n) is 18.3. The van der Waals surface area contributed by atoms with Gasteiger partial charge in [0, 0.05) is 12.6 Å². The molecular weight excluding hydrogens is 419 g/mol. The number of benzene rings is 2. The van der Waals surface area contributed by atoms with Gasteiger partial charge in [-0.05, 0) is 68.5 Å². The fourth-order valence-electron chi connectivity index (χ4n) is 3.32. The SMILES string of the molecule is CC[C@@H](C(=O)NC(C)C)N(Cc1ccc(Cl)c(Cl)c1)C(=O)Cc1ccc(C)c(C)c1. The van der Waals surface area contributed by atoms with Crippen LogP contribution < -0.4 is 5.32 Å². The van der Waals surface area contributed by atoms with Crippen LogP contribution in [0.15, 0.2) is 36.4 Å². The van der Waals surface area contributed by atoms with Crippen molar-refractivity contribution in [2.24, 2.45) is 0 Å². The minimum Gasteiger partial charge on any atom is -0.352 e.